The molecule has 4 heteroatoms. The molecule has 0 aliphatic heterocycles. The Labute approximate surface area is 97.2 Å². The van der Waals surface area contributed by atoms with Gasteiger partial charge in [0.15, 0.2) is 0 Å². The molecule has 2 amide bonds. The predicted molar refractivity (Wildman–Crippen MR) is 62.9 cm³/mol. The van der Waals surface area contributed by atoms with Crippen LogP contribution >= 0.6 is 0 Å². The van der Waals surface area contributed by atoms with E-state index in [4.69, 9.17) is 0 Å². The first-order chi connectivity index (χ1) is 7.65. The molecule has 0 spiro atoms. The molecule has 2 N–H and O–H groups in total. The number of rotatable bonds is 4. The summed E-state index contributed by atoms with van der Waals surface area (Å²) in [6, 6.07) is 0.615. The maximum Gasteiger partial charge on any atom is 0.219 e. The summed E-state index contributed by atoms with van der Waals surface area (Å²) in [6.07, 6.45) is 4.99. The molecule has 0 heterocycles. The monoisotopic (exact) mass is 226 g/mol. The second kappa shape index (κ2) is 6.51. The second-order valence-corrected chi connectivity index (χ2v) is 4.39. The molecule has 4 nitrogen and oxygen atoms in total. The highest BCUT2D eigenvalue weighted by Crippen LogP contribution is 2.18. The van der Waals surface area contributed by atoms with E-state index in [0.29, 0.717) is 24.9 Å². The molecule has 0 bridgehead atoms. The molecule has 0 radical (unpaired) electrons. The van der Waals surface area contributed by atoms with Crippen LogP contribution in [0.5, 0.6) is 0 Å². The molecule has 0 unspecified atom stereocenters. The van der Waals surface area contributed by atoms with Crippen LogP contribution in [0.1, 0.15) is 52.4 Å². The molecule has 16 heavy (non-hydrogen) atoms. The lowest BCUT2D eigenvalue weighted by Gasteiger charge is -2.29. The van der Waals surface area contributed by atoms with Crippen LogP contribution in [0.4, 0.5) is 0 Å². The summed E-state index contributed by atoms with van der Waals surface area (Å²) < 4.78 is 0. The predicted octanol–water partition coefficient (Wildman–Crippen LogP) is 1.35. The Balaban J connectivity index is 2.23. The summed E-state index contributed by atoms with van der Waals surface area (Å²) in [5.74, 6) is 0.252. The van der Waals surface area contributed by atoms with Gasteiger partial charge in [0.05, 0.1) is 0 Å². The first kappa shape index (κ1) is 13.0. The fourth-order valence-electron chi connectivity index (χ4n) is 2.04. The minimum Gasteiger partial charge on any atom is -0.353 e. The quantitative estimate of drug-likeness (QED) is 0.760. The van der Waals surface area contributed by atoms with Crippen LogP contribution in [0, 0.1) is 0 Å². The van der Waals surface area contributed by atoms with Gasteiger partial charge in [-0.3, -0.25) is 9.59 Å². The number of nitrogens with one attached hydrogen (secondary N) is 2. The van der Waals surface area contributed by atoms with Crippen molar-refractivity contribution >= 4 is 11.8 Å². The number of carbonyl (C=O) groups is 2. The molecule has 0 atom stereocenters. The van der Waals surface area contributed by atoms with E-state index in [1.54, 1.807) is 0 Å². The second-order valence-electron chi connectivity index (χ2n) is 4.39. The zero-order chi connectivity index (χ0) is 12.0. The molecule has 1 fully saturated rings. The molecule has 1 aliphatic carbocycles. The smallest absolute Gasteiger partial charge is 0.219 e. The molecule has 1 saturated carbocycles. The van der Waals surface area contributed by atoms with Crippen molar-refractivity contribution < 1.29 is 9.59 Å². The zero-order valence-electron chi connectivity index (χ0n) is 10.2. The third kappa shape index (κ3) is 4.21. The Hall–Kier alpha value is -1.06. The van der Waals surface area contributed by atoms with Gasteiger partial charge in [-0.2, -0.15) is 0 Å². The summed E-state index contributed by atoms with van der Waals surface area (Å²) >= 11 is 0. The lowest BCUT2D eigenvalue weighted by Crippen LogP contribution is -2.43. The van der Waals surface area contributed by atoms with Gasteiger partial charge in [-0.25, -0.2) is 0 Å². The maximum atomic E-state index is 11.2. The Morgan fingerprint density at radius 1 is 0.875 bits per heavy atom. The van der Waals surface area contributed by atoms with E-state index in [1.807, 2.05) is 13.8 Å². The van der Waals surface area contributed by atoms with Crippen molar-refractivity contribution in [2.75, 3.05) is 0 Å². The van der Waals surface area contributed by atoms with Gasteiger partial charge in [-0.15, -0.1) is 0 Å². The number of carbonyl (C=O) groups excluding carboxylic acids is 2. The first-order valence-corrected chi connectivity index (χ1v) is 6.24. The largest absolute Gasteiger partial charge is 0.353 e. The highest BCUT2D eigenvalue weighted by Gasteiger charge is 2.22. The van der Waals surface area contributed by atoms with Crippen molar-refractivity contribution in [3.05, 3.63) is 0 Å². The third-order valence-corrected chi connectivity index (χ3v) is 3.10. The molecular formula is C12H22N2O2. The summed E-state index contributed by atoms with van der Waals surface area (Å²) in [7, 11) is 0. The van der Waals surface area contributed by atoms with E-state index < -0.39 is 0 Å². The molecule has 92 valence electrons. The highest BCUT2D eigenvalue weighted by molar-refractivity contribution is 5.76. The molecule has 0 aromatic rings. The van der Waals surface area contributed by atoms with Crippen LogP contribution in [0.2, 0.25) is 0 Å². The van der Waals surface area contributed by atoms with E-state index in [9.17, 15) is 9.59 Å². The van der Waals surface area contributed by atoms with Crippen LogP contribution < -0.4 is 10.6 Å². The van der Waals surface area contributed by atoms with Crippen LogP contribution in [0.15, 0.2) is 0 Å². The van der Waals surface area contributed by atoms with Crippen LogP contribution in [-0.2, 0) is 9.59 Å². The van der Waals surface area contributed by atoms with Gasteiger partial charge >= 0.3 is 0 Å². The molecular weight excluding hydrogens is 204 g/mol. The van der Waals surface area contributed by atoms with Crippen molar-refractivity contribution in [3.63, 3.8) is 0 Å². The van der Waals surface area contributed by atoms with Gasteiger partial charge in [-0.1, -0.05) is 13.8 Å². The van der Waals surface area contributed by atoms with E-state index >= 15 is 0 Å². The zero-order valence-corrected chi connectivity index (χ0v) is 10.2. The van der Waals surface area contributed by atoms with E-state index in [1.165, 1.54) is 0 Å². The maximum absolute atomic E-state index is 11.2. The Kier molecular flexibility index (Phi) is 5.29. The fraction of sp³-hybridized carbons (Fsp3) is 0.833. The molecule has 0 aromatic heterocycles. The highest BCUT2D eigenvalue weighted by atomic mass is 16.2. The Morgan fingerprint density at radius 2 is 1.19 bits per heavy atom. The van der Waals surface area contributed by atoms with Crippen molar-refractivity contribution in [3.8, 4) is 0 Å². The normalized spacial score (nSPS) is 24.9. The molecule has 0 aromatic carbocycles. The standard InChI is InChI=1S/C12H22N2O2/c1-3-11(15)13-9-5-7-10(8-6-9)14-12(16)4-2/h9-10H,3-8H2,1-2H3,(H,13,15)(H,14,16). The Bertz CT molecular complexity index is 219. The topological polar surface area (TPSA) is 58.2 Å². The first-order valence-electron chi connectivity index (χ1n) is 6.24. The van der Waals surface area contributed by atoms with Gasteiger partial charge in [0.2, 0.25) is 11.8 Å². The SMILES string of the molecule is CCC(=O)NC1CCC(NC(=O)CC)CC1. The molecule has 1 rings (SSSR count). The van der Waals surface area contributed by atoms with Gasteiger partial charge < -0.3 is 10.6 Å². The van der Waals surface area contributed by atoms with Crippen LogP contribution in [0.25, 0.3) is 0 Å². The van der Waals surface area contributed by atoms with Gasteiger partial charge in [-0.05, 0) is 25.7 Å². The number of hydrogen-bond acceptors (Lipinski definition) is 2. The lowest BCUT2D eigenvalue weighted by molar-refractivity contribution is -0.123. The van der Waals surface area contributed by atoms with Gasteiger partial charge in [0.25, 0.3) is 0 Å². The fourth-order valence-corrected chi connectivity index (χ4v) is 2.04. The summed E-state index contributed by atoms with van der Waals surface area (Å²) in [5.41, 5.74) is 0. The van der Waals surface area contributed by atoms with E-state index in [0.717, 1.165) is 25.7 Å². The van der Waals surface area contributed by atoms with Crippen molar-refractivity contribution in [1.29, 1.82) is 0 Å². The minimum atomic E-state index is 0.126. The van der Waals surface area contributed by atoms with Crippen molar-refractivity contribution in [2.24, 2.45) is 0 Å². The van der Waals surface area contributed by atoms with Gasteiger partial charge in [0.1, 0.15) is 0 Å². The van der Waals surface area contributed by atoms with E-state index in [-0.39, 0.29) is 11.8 Å². The molecule has 1 aliphatic rings. The number of hydrogen-bond donors (Lipinski definition) is 2. The average Bonchev–Trinajstić information content (AvgIpc) is 2.31. The van der Waals surface area contributed by atoms with Crippen molar-refractivity contribution in [1.82, 2.24) is 10.6 Å². The summed E-state index contributed by atoms with van der Waals surface area (Å²) in [5, 5.41) is 6.01. The van der Waals surface area contributed by atoms with Crippen LogP contribution in [-0.4, -0.2) is 23.9 Å². The van der Waals surface area contributed by atoms with Crippen LogP contribution in [0.3, 0.4) is 0 Å². The van der Waals surface area contributed by atoms with Gasteiger partial charge in [0, 0.05) is 24.9 Å². The molecule has 0 saturated heterocycles. The summed E-state index contributed by atoms with van der Waals surface area (Å²) in [4.78, 5) is 22.4. The number of amides is 2. The summed E-state index contributed by atoms with van der Waals surface area (Å²) in [6.45, 7) is 3.73. The minimum absolute atomic E-state index is 0.126. The lowest BCUT2D eigenvalue weighted by atomic mass is 9.91. The third-order valence-electron chi connectivity index (χ3n) is 3.10. The average molecular weight is 226 g/mol. The van der Waals surface area contributed by atoms with E-state index in [2.05, 4.69) is 10.6 Å². The Morgan fingerprint density at radius 3 is 1.44 bits per heavy atom. The van der Waals surface area contributed by atoms with Crippen molar-refractivity contribution in [2.45, 2.75) is 64.5 Å².